The van der Waals surface area contributed by atoms with Crippen LogP contribution in [0.2, 0.25) is 0 Å². The molecule has 0 radical (unpaired) electrons. The Hall–Kier alpha value is -1.58. The van der Waals surface area contributed by atoms with Crippen molar-refractivity contribution < 1.29 is 19.4 Å². The van der Waals surface area contributed by atoms with Gasteiger partial charge in [-0.2, -0.15) is 0 Å². The van der Waals surface area contributed by atoms with E-state index >= 15 is 0 Å². The molecular weight excluding hydrogens is 148 g/mol. The van der Waals surface area contributed by atoms with Crippen molar-refractivity contribution in [1.29, 1.82) is 0 Å². The molecule has 0 aliphatic heterocycles. The first-order valence-corrected chi connectivity index (χ1v) is 2.81. The predicted octanol–water partition coefficient (Wildman–Crippen LogP) is 0.704. The molecule has 0 rings (SSSR count). The molecule has 0 aliphatic carbocycles. The molecule has 0 aliphatic rings. The van der Waals surface area contributed by atoms with E-state index in [1.807, 2.05) is 0 Å². The van der Waals surface area contributed by atoms with Gasteiger partial charge in [0.05, 0.1) is 5.57 Å². The van der Waals surface area contributed by atoms with Gasteiger partial charge in [-0.3, -0.25) is 0 Å². The monoisotopic (exact) mass is 156 g/mol. The van der Waals surface area contributed by atoms with Crippen LogP contribution in [0.25, 0.3) is 0 Å². The minimum absolute atomic E-state index is 0.0415. The molecule has 0 aromatic rings. The molecule has 0 bridgehead atoms. The Morgan fingerprint density at radius 2 is 2.09 bits per heavy atom. The first-order valence-electron chi connectivity index (χ1n) is 2.81. The number of carboxylic acids is 1. The van der Waals surface area contributed by atoms with Crippen molar-refractivity contribution in [2.75, 3.05) is 0 Å². The number of hydrogen-bond donors (Lipinski definition) is 1. The average Bonchev–Trinajstić information content (AvgIpc) is 1.99. The molecule has 0 amide bonds. The summed E-state index contributed by atoms with van der Waals surface area (Å²) in [5.74, 6) is -1.80. The minimum Gasteiger partial charge on any atom is -0.478 e. The fourth-order valence-corrected chi connectivity index (χ4v) is 0.245. The Kier molecular flexibility index (Phi) is 3.66. The molecule has 11 heavy (non-hydrogen) atoms. The summed E-state index contributed by atoms with van der Waals surface area (Å²) in [7, 11) is 0. The summed E-state index contributed by atoms with van der Waals surface area (Å²) in [6, 6.07) is 0. The number of rotatable bonds is 3. The summed E-state index contributed by atoms with van der Waals surface area (Å²) in [4.78, 5) is 20.5. The molecule has 0 aromatic carbocycles. The van der Waals surface area contributed by atoms with Gasteiger partial charge in [0.25, 0.3) is 0 Å². The first kappa shape index (κ1) is 9.42. The number of hydrogen-bond acceptors (Lipinski definition) is 3. The molecule has 60 valence electrons. The number of carboxylic acid groups (broad SMARTS) is 1. The molecule has 0 saturated heterocycles. The van der Waals surface area contributed by atoms with Gasteiger partial charge in [0.2, 0.25) is 0 Å². The van der Waals surface area contributed by atoms with Crippen molar-refractivity contribution in [2.24, 2.45) is 0 Å². The van der Waals surface area contributed by atoms with E-state index in [1.165, 1.54) is 6.92 Å². The van der Waals surface area contributed by atoms with Gasteiger partial charge in [0.15, 0.2) is 0 Å². The summed E-state index contributed by atoms with van der Waals surface area (Å²) in [5.41, 5.74) is -0.0415. The van der Waals surface area contributed by atoms with E-state index in [4.69, 9.17) is 5.11 Å². The van der Waals surface area contributed by atoms with Crippen LogP contribution in [0.1, 0.15) is 6.92 Å². The van der Waals surface area contributed by atoms with E-state index in [0.29, 0.717) is 0 Å². The zero-order valence-corrected chi connectivity index (χ0v) is 6.03. The summed E-state index contributed by atoms with van der Waals surface area (Å²) >= 11 is 0. The highest BCUT2D eigenvalue weighted by atomic mass is 16.5. The van der Waals surface area contributed by atoms with Gasteiger partial charge in [0, 0.05) is 6.08 Å². The Bertz CT molecular complexity index is 214. The van der Waals surface area contributed by atoms with Crippen LogP contribution < -0.4 is 0 Å². The second-order valence-corrected chi connectivity index (χ2v) is 1.75. The van der Waals surface area contributed by atoms with E-state index in [-0.39, 0.29) is 5.57 Å². The second kappa shape index (κ2) is 4.27. The largest absolute Gasteiger partial charge is 0.478 e. The molecule has 0 saturated carbocycles. The maximum absolute atomic E-state index is 10.4. The lowest BCUT2D eigenvalue weighted by Crippen LogP contribution is -1.99. The third-order valence-electron chi connectivity index (χ3n) is 0.856. The molecule has 0 unspecified atom stereocenters. The highest BCUT2D eigenvalue weighted by molar-refractivity contribution is 5.87. The number of esters is 1. The van der Waals surface area contributed by atoms with E-state index in [1.54, 1.807) is 0 Å². The van der Waals surface area contributed by atoms with Gasteiger partial charge in [-0.05, 0) is 6.92 Å². The van der Waals surface area contributed by atoms with Gasteiger partial charge < -0.3 is 9.84 Å². The van der Waals surface area contributed by atoms with Crippen molar-refractivity contribution >= 4 is 11.9 Å². The molecule has 0 fully saturated rings. The quantitative estimate of drug-likeness (QED) is 0.371. The first-order chi connectivity index (χ1) is 5.07. The Morgan fingerprint density at radius 3 is 2.45 bits per heavy atom. The van der Waals surface area contributed by atoms with E-state index < -0.39 is 11.9 Å². The number of carbonyl (C=O) groups excluding carboxylic acids is 1. The maximum Gasteiger partial charge on any atom is 0.334 e. The Labute approximate surface area is 63.8 Å². The van der Waals surface area contributed by atoms with Crippen LogP contribution in [0.3, 0.4) is 0 Å². The molecule has 0 aromatic heterocycles. The van der Waals surface area contributed by atoms with Gasteiger partial charge in [-0.25, -0.2) is 9.59 Å². The van der Waals surface area contributed by atoms with Gasteiger partial charge >= 0.3 is 11.9 Å². The van der Waals surface area contributed by atoms with Crippen molar-refractivity contribution in [3.05, 3.63) is 24.5 Å². The molecule has 0 heterocycles. The zero-order valence-electron chi connectivity index (χ0n) is 6.03. The van der Waals surface area contributed by atoms with Crippen LogP contribution in [0, 0.1) is 0 Å². The summed E-state index contributed by atoms with van der Waals surface area (Å²) < 4.78 is 4.31. The molecule has 4 nitrogen and oxygen atoms in total. The van der Waals surface area contributed by atoms with Gasteiger partial charge in [0.1, 0.15) is 6.26 Å². The van der Waals surface area contributed by atoms with Crippen LogP contribution in [0.5, 0.6) is 0 Å². The molecule has 0 atom stereocenters. The predicted molar refractivity (Wildman–Crippen MR) is 37.7 cm³/mol. The standard InChI is InChI=1S/C7H8O4/c1-3-6(8)11-4-5(2)7(9)10/h3-4H,1H2,2H3,(H,9,10). The Balaban J connectivity index is 4.02. The lowest BCUT2D eigenvalue weighted by Gasteiger charge is -1.93. The van der Waals surface area contributed by atoms with Crippen LogP contribution in [-0.4, -0.2) is 17.0 Å². The highest BCUT2D eigenvalue weighted by Gasteiger charge is 2.00. The molecule has 0 spiro atoms. The normalized spacial score (nSPS) is 10.5. The molecule has 1 N–H and O–H groups in total. The van der Waals surface area contributed by atoms with Crippen molar-refractivity contribution in [2.45, 2.75) is 6.92 Å². The van der Waals surface area contributed by atoms with E-state index in [9.17, 15) is 9.59 Å². The number of ether oxygens (including phenoxy) is 1. The lowest BCUT2D eigenvalue weighted by molar-refractivity contribution is -0.133. The van der Waals surface area contributed by atoms with Crippen molar-refractivity contribution in [3.8, 4) is 0 Å². The number of aliphatic carboxylic acids is 1. The molecular formula is C7H8O4. The Morgan fingerprint density at radius 1 is 1.55 bits per heavy atom. The number of carbonyl (C=O) groups is 2. The van der Waals surface area contributed by atoms with Crippen molar-refractivity contribution in [3.63, 3.8) is 0 Å². The average molecular weight is 156 g/mol. The third kappa shape index (κ3) is 3.91. The summed E-state index contributed by atoms with van der Waals surface area (Å²) in [6.07, 6.45) is 1.82. The van der Waals surface area contributed by atoms with E-state index in [2.05, 4.69) is 11.3 Å². The van der Waals surface area contributed by atoms with Gasteiger partial charge in [-0.1, -0.05) is 6.58 Å². The summed E-state index contributed by atoms with van der Waals surface area (Å²) in [5, 5.41) is 8.28. The fourth-order valence-electron chi connectivity index (χ4n) is 0.245. The topological polar surface area (TPSA) is 63.6 Å². The SMILES string of the molecule is C=CC(=O)OC=C(C)C(=O)O. The lowest BCUT2D eigenvalue weighted by atomic mass is 10.3. The molecule has 4 heteroatoms. The zero-order chi connectivity index (χ0) is 8.85. The fraction of sp³-hybridized carbons (Fsp3) is 0.143. The minimum atomic E-state index is -1.12. The summed E-state index contributed by atoms with van der Waals surface area (Å²) in [6.45, 7) is 4.45. The van der Waals surface area contributed by atoms with Gasteiger partial charge in [-0.15, -0.1) is 0 Å². The van der Waals surface area contributed by atoms with Crippen LogP contribution in [0.4, 0.5) is 0 Å². The third-order valence-corrected chi connectivity index (χ3v) is 0.856. The highest BCUT2D eigenvalue weighted by Crippen LogP contribution is 1.92. The van der Waals surface area contributed by atoms with Crippen LogP contribution in [0.15, 0.2) is 24.5 Å². The van der Waals surface area contributed by atoms with E-state index in [0.717, 1.165) is 12.3 Å². The maximum atomic E-state index is 10.4. The smallest absolute Gasteiger partial charge is 0.334 e. The van der Waals surface area contributed by atoms with Crippen molar-refractivity contribution in [1.82, 2.24) is 0 Å². The van der Waals surface area contributed by atoms with Crippen LogP contribution in [-0.2, 0) is 14.3 Å². The second-order valence-electron chi connectivity index (χ2n) is 1.75. The van der Waals surface area contributed by atoms with Crippen LogP contribution >= 0.6 is 0 Å².